The van der Waals surface area contributed by atoms with Gasteiger partial charge in [-0.25, -0.2) is 9.48 Å². The van der Waals surface area contributed by atoms with Crippen molar-refractivity contribution in [1.29, 1.82) is 0 Å². The van der Waals surface area contributed by atoms with E-state index in [1.165, 1.54) is 14.0 Å². The number of hydrogen-bond donors (Lipinski definition) is 6. The molecule has 426 valence electrons. The smallest absolute Gasteiger partial charge is 0.414 e. The average Bonchev–Trinajstić information content (AvgIpc) is 3.98. The molecule has 19 atom stereocenters. The number of methoxy groups -OCH3 is 1. The SMILES string of the molecule is CC[C@H]1OC(=O)[C@H](C)[C@@H](O[C@H]2C[C@@](C)(OC)[C@@H](O)[C@H](C)O2)[C@H](C)[C@@H](O[C@@H]2O[C@H](C)C[C@H](N(C)CCc3cn(C[C@H]4CN(c5ccc(CCCO)cc5)C(=O)O4)nn3)[C@H]2O)[C@](C)(O)C[C@@H](C)CN(C)[C@H](C)[C@@H](O)[C@]1(C)O. The van der Waals surface area contributed by atoms with E-state index in [2.05, 4.69) is 10.3 Å². The molecule has 5 heterocycles. The van der Waals surface area contributed by atoms with E-state index in [-0.39, 0.29) is 37.9 Å². The molecule has 21 heteroatoms. The number of ether oxygens (including phenoxy) is 7. The van der Waals surface area contributed by atoms with Crippen LogP contribution < -0.4 is 4.90 Å². The van der Waals surface area contributed by atoms with Crippen LogP contribution in [0.15, 0.2) is 30.5 Å². The fraction of sp³-hybridized carbons (Fsp3) is 0.815. The number of anilines is 1. The maximum Gasteiger partial charge on any atom is 0.414 e. The van der Waals surface area contributed by atoms with Crippen LogP contribution in [0, 0.1) is 17.8 Å². The van der Waals surface area contributed by atoms with Gasteiger partial charge in [0, 0.05) is 69.5 Å². The summed E-state index contributed by atoms with van der Waals surface area (Å²) in [5.74, 6) is -2.84. The summed E-state index contributed by atoms with van der Waals surface area (Å²) < 4.78 is 45.7. The van der Waals surface area contributed by atoms with Crippen LogP contribution in [0.4, 0.5) is 10.5 Å². The van der Waals surface area contributed by atoms with Crippen LogP contribution in [-0.2, 0) is 57.3 Å². The first kappa shape index (κ1) is 60.8. The molecule has 4 aliphatic rings. The lowest BCUT2D eigenvalue weighted by Crippen LogP contribution is -2.61. The Kier molecular flexibility index (Phi) is 20.7. The standard InChI is InChI=1S/C54H90N6O15/c1-14-42-54(10,68)46(63)35(6)58(12)27-31(2)25-52(8,67)48(33(4)45(34(5)49(65)73-42)74-43-26-53(9,69-13)47(64)36(7)71-43)75-50-44(62)41(24-32(3)70-50)57(11)22-21-38-28-59(56-55-38)29-40-30-60(51(66)72-40)39-19-17-37(18-20-39)16-15-23-61/h17-20,28,31-36,40-48,50,61-64,67-68H,14-16,21-27,29-30H2,1-13H3/t31-,32-,33+,34-,35-,36+,40+,41+,42-,43+,44-,45+,46-,47+,48-,50+,52-,53-,54-/m1/s1. The van der Waals surface area contributed by atoms with E-state index in [9.17, 15) is 35.1 Å². The second-order valence-corrected chi connectivity index (χ2v) is 23.0. The highest BCUT2D eigenvalue weighted by Crippen LogP contribution is 2.40. The van der Waals surface area contributed by atoms with Gasteiger partial charge in [-0.05, 0) is 118 Å². The summed E-state index contributed by atoms with van der Waals surface area (Å²) in [6.07, 6.45) is -6.46. The number of aliphatic hydroxyl groups is 6. The Bertz CT molecular complexity index is 2130. The van der Waals surface area contributed by atoms with Crippen LogP contribution in [-0.4, -0.2) is 211 Å². The zero-order chi connectivity index (χ0) is 55.3. The predicted octanol–water partition coefficient (Wildman–Crippen LogP) is 3.06. The van der Waals surface area contributed by atoms with Gasteiger partial charge in [-0.1, -0.05) is 38.1 Å². The topological polar surface area (TPSA) is 261 Å². The first-order valence-electron chi connectivity index (χ1n) is 27.1. The summed E-state index contributed by atoms with van der Waals surface area (Å²) in [4.78, 5) is 32.9. The predicted molar refractivity (Wildman–Crippen MR) is 276 cm³/mol. The molecule has 21 nitrogen and oxygen atoms in total. The number of nitrogens with zero attached hydrogens (tertiary/aromatic N) is 6. The number of aliphatic hydroxyl groups excluding tert-OH is 4. The molecular weight excluding hydrogens is 973 g/mol. The van der Waals surface area contributed by atoms with Crippen molar-refractivity contribution in [3.8, 4) is 0 Å². The van der Waals surface area contributed by atoms with Gasteiger partial charge in [-0.15, -0.1) is 5.10 Å². The zero-order valence-electron chi connectivity index (χ0n) is 46.7. The Morgan fingerprint density at radius 3 is 2.25 bits per heavy atom. The van der Waals surface area contributed by atoms with Crippen LogP contribution in [0.5, 0.6) is 0 Å². The largest absolute Gasteiger partial charge is 0.459 e. The van der Waals surface area contributed by atoms with Gasteiger partial charge in [0.2, 0.25) is 0 Å². The molecule has 75 heavy (non-hydrogen) atoms. The van der Waals surface area contributed by atoms with E-state index in [0.717, 1.165) is 17.7 Å². The van der Waals surface area contributed by atoms with Crippen molar-refractivity contribution in [2.45, 2.75) is 217 Å². The molecular formula is C54H90N6O15. The van der Waals surface area contributed by atoms with Crippen molar-refractivity contribution in [2.75, 3.05) is 52.3 Å². The minimum absolute atomic E-state index is 0.0895. The van der Waals surface area contributed by atoms with Crippen molar-refractivity contribution < 1.29 is 73.4 Å². The van der Waals surface area contributed by atoms with Gasteiger partial charge in [0.25, 0.3) is 0 Å². The zero-order valence-corrected chi connectivity index (χ0v) is 46.7. The van der Waals surface area contributed by atoms with E-state index in [0.29, 0.717) is 51.1 Å². The second-order valence-electron chi connectivity index (χ2n) is 23.0. The molecule has 4 aliphatic heterocycles. The van der Waals surface area contributed by atoms with E-state index < -0.39 is 114 Å². The van der Waals surface area contributed by atoms with Crippen molar-refractivity contribution >= 4 is 17.7 Å². The number of likely N-dealkylation sites (N-methyl/N-ethyl adjacent to an activating group) is 2. The van der Waals surface area contributed by atoms with E-state index in [4.69, 9.17) is 38.3 Å². The van der Waals surface area contributed by atoms with Crippen LogP contribution in [0.3, 0.4) is 0 Å². The van der Waals surface area contributed by atoms with Crippen LogP contribution in [0.2, 0.25) is 0 Å². The Hall–Kier alpha value is -3.42. The number of carbonyl (C=O) groups is 2. The van der Waals surface area contributed by atoms with Gasteiger partial charge in [-0.2, -0.15) is 0 Å². The molecule has 0 radical (unpaired) electrons. The summed E-state index contributed by atoms with van der Waals surface area (Å²) in [7, 11) is 5.24. The molecule has 6 rings (SSSR count). The van der Waals surface area contributed by atoms with Gasteiger partial charge in [0.15, 0.2) is 12.6 Å². The van der Waals surface area contributed by atoms with E-state index >= 15 is 0 Å². The van der Waals surface area contributed by atoms with Gasteiger partial charge in [0.05, 0.1) is 60.3 Å². The number of cyclic esters (lactones) is 2. The maximum absolute atomic E-state index is 14.5. The van der Waals surface area contributed by atoms with Gasteiger partial charge in [-0.3, -0.25) is 9.69 Å². The van der Waals surface area contributed by atoms with E-state index in [1.807, 2.05) is 68.2 Å². The van der Waals surface area contributed by atoms with Crippen molar-refractivity contribution in [2.24, 2.45) is 17.8 Å². The molecule has 0 bridgehead atoms. The Balaban J connectivity index is 1.21. The Morgan fingerprint density at radius 1 is 0.907 bits per heavy atom. The quantitative estimate of drug-likeness (QED) is 0.132. The van der Waals surface area contributed by atoms with Crippen molar-refractivity contribution in [1.82, 2.24) is 24.8 Å². The molecule has 1 amide bonds. The summed E-state index contributed by atoms with van der Waals surface area (Å²) in [6, 6.07) is 6.62. The number of hydrogen-bond acceptors (Lipinski definition) is 19. The summed E-state index contributed by atoms with van der Waals surface area (Å²) in [5, 5.41) is 77.7. The van der Waals surface area contributed by atoms with Gasteiger partial charge < -0.3 is 73.6 Å². The third kappa shape index (κ3) is 14.4. The number of rotatable bonds is 16. The second kappa shape index (κ2) is 25.6. The lowest BCUT2D eigenvalue weighted by Gasteiger charge is -2.49. The van der Waals surface area contributed by atoms with Crippen LogP contribution in [0.1, 0.15) is 113 Å². The highest BCUT2D eigenvalue weighted by atomic mass is 16.7. The number of aromatic nitrogens is 3. The first-order chi connectivity index (χ1) is 35.2. The minimum Gasteiger partial charge on any atom is -0.459 e. The lowest BCUT2D eigenvalue weighted by molar-refractivity contribution is -0.318. The molecule has 0 spiro atoms. The molecule has 1 aromatic carbocycles. The van der Waals surface area contributed by atoms with Gasteiger partial charge >= 0.3 is 12.1 Å². The number of carbonyl (C=O) groups excluding carboxylic acids is 2. The third-order valence-electron chi connectivity index (χ3n) is 16.6. The van der Waals surface area contributed by atoms with Gasteiger partial charge in [0.1, 0.15) is 36.1 Å². The normalized spacial score (nSPS) is 40.0. The van der Waals surface area contributed by atoms with Crippen molar-refractivity contribution in [3.05, 3.63) is 41.7 Å². The Morgan fingerprint density at radius 2 is 1.60 bits per heavy atom. The third-order valence-corrected chi connectivity index (χ3v) is 16.6. The molecule has 0 aliphatic carbocycles. The Labute approximate surface area is 443 Å². The summed E-state index contributed by atoms with van der Waals surface area (Å²) in [5.41, 5.74) is -2.06. The van der Waals surface area contributed by atoms with Crippen molar-refractivity contribution in [3.63, 3.8) is 0 Å². The minimum atomic E-state index is -1.85. The average molecular weight is 1060 g/mol. The number of benzene rings is 1. The summed E-state index contributed by atoms with van der Waals surface area (Å²) in [6.45, 7) is 19.1. The molecule has 0 unspecified atom stereocenters. The van der Waals surface area contributed by atoms with E-state index in [1.54, 1.807) is 58.0 Å². The highest BCUT2D eigenvalue weighted by Gasteiger charge is 2.53. The summed E-state index contributed by atoms with van der Waals surface area (Å²) >= 11 is 0. The molecule has 1 aromatic heterocycles. The molecule has 2 aromatic rings. The highest BCUT2D eigenvalue weighted by molar-refractivity contribution is 5.89. The van der Waals surface area contributed by atoms with Crippen LogP contribution in [0.25, 0.3) is 0 Å². The van der Waals surface area contributed by atoms with Crippen LogP contribution >= 0.6 is 0 Å². The molecule has 6 N–H and O–H groups in total. The molecule has 4 saturated heterocycles. The first-order valence-corrected chi connectivity index (χ1v) is 27.1. The number of aryl methyl sites for hydroxylation is 1. The maximum atomic E-state index is 14.5. The molecule has 0 saturated carbocycles. The monoisotopic (exact) mass is 1060 g/mol. The molecule has 4 fully saturated rings. The number of esters is 1. The lowest BCUT2D eigenvalue weighted by atomic mass is 9.77. The number of amides is 1. The fourth-order valence-electron chi connectivity index (χ4n) is 11.8. The fourth-order valence-corrected chi connectivity index (χ4v) is 11.8.